The van der Waals surface area contributed by atoms with Crippen LogP contribution >= 0.6 is 0 Å². The number of aliphatic hydroxyl groups is 1. The third-order valence-corrected chi connectivity index (χ3v) is 2.26. The van der Waals surface area contributed by atoms with E-state index in [2.05, 4.69) is 6.58 Å². The molecule has 1 N–H and O–H groups in total. The molecular weight excluding hydrogens is 128 g/mol. The zero-order valence-electron chi connectivity index (χ0n) is 6.55. The zero-order chi connectivity index (χ0) is 7.78. The summed E-state index contributed by atoms with van der Waals surface area (Å²) in [6.45, 7) is 8.09. The normalized spacial score (nSPS) is 40.1. The van der Waals surface area contributed by atoms with E-state index in [0.29, 0.717) is 13.0 Å². The van der Waals surface area contributed by atoms with Crippen molar-refractivity contribution in [3.05, 3.63) is 12.2 Å². The smallest absolute Gasteiger partial charge is 0.113 e. The molecule has 2 nitrogen and oxygen atoms in total. The summed E-state index contributed by atoms with van der Waals surface area (Å²) in [5.41, 5.74) is 0.0394. The first-order valence-corrected chi connectivity index (χ1v) is 3.57. The van der Waals surface area contributed by atoms with Gasteiger partial charge in [0, 0.05) is 6.42 Å². The van der Waals surface area contributed by atoms with Gasteiger partial charge >= 0.3 is 0 Å². The third-order valence-electron chi connectivity index (χ3n) is 2.26. The van der Waals surface area contributed by atoms with E-state index in [9.17, 15) is 5.11 Å². The number of ether oxygens (including phenoxy) is 1. The van der Waals surface area contributed by atoms with Gasteiger partial charge in [0.1, 0.15) is 5.60 Å². The van der Waals surface area contributed by atoms with Crippen LogP contribution < -0.4 is 0 Å². The van der Waals surface area contributed by atoms with Crippen LogP contribution in [-0.2, 0) is 4.74 Å². The molecule has 0 spiro atoms. The van der Waals surface area contributed by atoms with Gasteiger partial charge in [0.15, 0.2) is 0 Å². The molecule has 1 fully saturated rings. The maximum Gasteiger partial charge on any atom is 0.113 e. The lowest BCUT2D eigenvalue weighted by Crippen LogP contribution is -2.36. The fourth-order valence-corrected chi connectivity index (χ4v) is 1.29. The van der Waals surface area contributed by atoms with Gasteiger partial charge in [-0.2, -0.15) is 0 Å². The van der Waals surface area contributed by atoms with Crippen molar-refractivity contribution in [2.45, 2.75) is 32.0 Å². The third kappa shape index (κ3) is 0.976. The fourth-order valence-electron chi connectivity index (χ4n) is 1.29. The monoisotopic (exact) mass is 142 g/mol. The van der Waals surface area contributed by atoms with Crippen LogP contribution in [0.25, 0.3) is 0 Å². The Balaban J connectivity index is 2.75. The molecule has 0 aromatic carbocycles. The molecule has 2 atom stereocenters. The fraction of sp³-hybridized carbons (Fsp3) is 0.750. The molecular formula is C8H14O2. The molecule has 58 valence electrons. The second-order valence-corrected chi connectivity index (χ2v) is 2.97. The van der Waals surface area contributed by atoms with E-state index in [1.165, 1.54) is 0 Å². The van der Waals surface area contributed by atoms with Crippen molar-refractivity contribution in [2.24, 2.45) is 0 Å². The summed E-state index contributed by atoms with van der Waals surface area (Å²) in [6.07, 6.45) is 0.591. The molecule has 0 aromatic rings. The summed E-state index contributed by atoms with van der Waals surface area (Å²) in [5.74, 6) is 0. The van der Waals surface area contributed by atoms with E-state index in [4.69, 9.17) is 4.74 Å². The number of hydrogen-bond acceptors (Lipinski definition) is 2. The van der Waals surface area contributed by atoms with Crippen LogP contribution in [0.15, 0.2) is 12.2 Å². The van der Waals surface area contributed by atoms with E-state index in [0.717, 1.165) is 5.57 Å². The van der Waals surface area contributed by atoms with E-state index in [-0.39, 0.29) is 6.10 Å². The van der Waals surface area contributed by atoms with Crippen LogP contribution in [0.1, 0.15) is 20.3 Å². The Kier molecular flexibility index (Phi) is 1.84. The van der Waals surface area contributed by atoms with Gasteiger partial charge in [-0.1, -0.05) is 6.58 Å². The van der Waals surface area contributed by atoms with Crippen molar-refractivity contribution in [3.63, 3.8) is 0 Å². The van der Waals surface area contributed by atoms with Crippen molar-refractivity contribution in [3.8, 4) is 0 Å². The summed E-state index contributed by atoms with van der Waals surface area (Å²) < 4.78 is 5.22. The lowest BCUT2D eigenvalue weighted by Gasteiger charge is -2.25. The van der Waals surface area contributed by atoms with Gasteiger partial charge in [-0.25, -0.2) is 0 Å². The van der Waals surface area contributed by atoms with Crippen LogP contribution in [0.3, 0.4) is 0 Å². The number of hydrogen-bond donors (Lipinski definition) is 1. The Morgan fingerprint density at radius 1 is 1.80 bits per heavy atom. The van der Waals surface area contributed by atoms with Gasteiger partial charge in [0.2, 0.25) is 0 Å². The summed E-state index contributed by atoms with van der Waals surface area (Å²) in [6, 6.07) is 0. The Morgan fingerprint density at radius 3 is 2.60 bits per heavy atom. The second-order valence-electron chi connectivity index (χ2n) is 2.97. The summed E-state index contributed by atoms with van der Waals surface area (Å²) in [4.78, 5) is 0. The molecule has 0 aliphatic carbocycles. The minimum Gasteiger partial charge on any atom is -0.383 e. The van der Waals surface area contributed by atoms with Crippen LogP contribution in [-0.4, -0.2) is 23.4 Å². The van der Waals surface area contributed by atoms with Gasteiger partial charge in [0.25, 0.3) is 0 Å². The van der Waals surface area contributed by atoms with Gasteiger partial charge < -0.3 is 9.84 Å². The molecule has 1 aliphatic rings. The van der Waals surface area contributed by atoms with Crippen molar-refractivity contribution in [2.75, 3.05) is 6.61 Å². The predicted molar refractivity (Wildman–Crippen MR) is 39.8 cm³/mol. The highest BCUT2D eigenvalue weighted by molar-refractivity contribution is 5.14. The molecule has 0 radical (unpaired) electrons. The SMILES string of the molecule is C=C(C)C1(O)CCOC1C. The molecule has 0 saturated carbocycles. The Hall–Kier alpha value is -0.340. The minimum absolute atomic E-state index is 0.0926. The molecule has 1 rings (SSSR count). The zero-order valence-corrected chi connectivity index (χ0v) is 6.55. The first kappa shape index (κ1) is 7.76. The Bertz CT molecular complexity index is 153. The highest BCUT2D eigenvalue weighted by Gasteiger charge is 2.39. The van der Waals surface area contributed by atoms with E-state index in [1.54, 1.807) is 0 Å². The molecule has 0 bridgehead atoms. The van der Waals surface area contributed by atoms with Crippen LogP contribution in [0.4, 0.5) is 0 Å². The van der Waals surface area contributed by atoms with Gasteiger partial charge in [0.05, 0.1) is 12.7 Å². The first-order chi connectivity index (χ1) is 4.57. The highest BCUT2D eigenvalue weighted by atomic mass is 16.5. The molecule has 2 unspecified atom stereocenters. The van der Waals surface area contributed by atoms with E-state index >= 15 is 0 Å². The Morgan fingerprint density at radius 2 is 2.40 bits per heavy atom. The predicted octanol–water partition coefficient (Wildman–Crippen LogP) is 1.10. The lowest BCUT2D eigenvalue weighted by atomic mass is 9.90. The average molecular weight is 142 g/mol. The van der Waals surface area contributed by atoms with Crippen LogP contribution in [0.2, 0.25) is 0 Å². The highest BCUT2D eigenvalue weighted by Crippen LogP contribution is 2.31. The Labute approximate surface area is 61.5 Å². The molecule has 0 amide bonds. The number of rotatable bonds is 1. The molecule has 2 heteroatoms. The van der Waals surface area contributed by atoms with Crippen molar-refractivity contribution < 1.29 is 9.84 Å². The largest absolute Gasteiger partial charge is 0.383 e. The summed E-state index contributed by atoms with van der Waals surface area (Å²) >= 11 is 0. The first-order valence-electron chi connectivity index (χ1n) is 3.57. The van der Waals surface area contributed by atoms with E-state index < -0.39 is 5.60 Å². The van der Waals surface area contributed by atoms with Crippen LogP contribution in [0.5, 0.6) is 0 Å². The topological polar surface area (TPSA) is 29.5 Å². The minimum atomic E-state index is -0.764. The van der Waals surface area contributed by atoms with Crippen molar-refractivity contribution >= 4 is 0 Å². The molecule has 1 aliphatic heterocycles. The molecule has 0 aromatic heterocycles. The van der Waals surface area contributed by atoms with E-state index in [1.807, 2.05) is 13.8 Å². The molecule has 1 heterocycles. The standard InChI is InChI=1S/C8H14O2/c1-6(2)8(9)4-5-10-7(8)3/h7,9H,1,4-5H2,2-3H3. The second kappa shape index (κ2) is 2.36. The molecule has 1 saturated heterocycles. The van der Waals surface area contributed by atoms with Gasteiger partial charge in [-0.3, -0.25) is 0 Å². The van der Waals surface area contributed by atoms with Crippen LogP contribution in [0, 0.1) is 0 Å². The van der Waals surface area contributed by atoms with Gasteiger partial charge in [-0.05, 0) is 19.4 Å². The maximum atomic E-state index is 9.81. The quantitative estimate of drug-likeness (QED) is 0.555. The average Bonchev–Trinajstić information content (AvgIpc) is 2.15. The summed E-state index contributed by atoms with van der Waals surface area (Å²) in [7, 11) is 0. The molecule has 10 heavy (non-hydrogen) atoms. The maximum absolute atomic E-state index is 9.81. The lowest BCUT2D eigenvalue weighted by molar-refractivity contribution is -0.000455. The van der Waals surface area contributed by atoms with Gasteiger partial charge in [-0.15, -0.1) is 0 Å². The van der Waals surface area contributed by atoms with Crippen molar-refractivity contribution in [1.29, 1.82) is 0 Å². The summed E-state index contributed by atoms with van der Waals surface area (Å²) in [5, 5.41) is 9.81. The van der Waals surface area contributed by atoms with Crippen molar-refractivity contribution in [1.82, 2.24) is 0 Å².